The van der Waals surface area contributed by atoms with Gasteiger partial charge in [0.15, 0.2) is 5.60 Å². The number of halogens is 3. The van der Waals surface area contributed by atoms with Gasteiger partial charge in [0.25, 0.3) is 0 Å². The van der Waals surface area contributed by atoms with Crippen molar-refractivity contribution in [2.45, 2.75) is 123 Å². The van der Waals surface area contributed by atoms with Crippen molar-refractivity contribution in [3.63, 3.8) is 0 Å². The summed E-state index contributed by atoms with van der Waals surface area (Å²) in [5.74, 6) is 2.55. The first kappa shape index (κ1) is 25.5. The highest BCUT2D eigenvalue weighted by Crippen LogP contribution is 2.67. The minimum atomic E-state index is -4.57. The fraction of sp³-hybridized carbons (Fsp3) is 0.929. The van der Waals surface area contributed by atoms with E-state index in [9.17, 15) is 23.4 Å². The molecule has 0 aliphatic heterocycles. The standard InChI is InChI=1S/C28H45F3O2/c1-18(11-16-27(5,33)28(29,30)31)21-9-10-22-20-8-7-19-17-24(2,32)13-6-14-25(19,3)23(20)12-15-26(21,22)4/h7,18,20-23,32-33H,6,8-17H2,1-5H3/t18-,20+,21-,22+,23+,24+,25+,26-,27+/m1/s1. The summed E-state index contributed by atoms with van der Waals surface area (Å²) in [6, 6.07) is 0. The Kier molecular flexibility index (Phi) is 6.39. The molecule has 5 heteroatoms. The third-order valence-electron chi connectivity index (χ3n) is 11.1. The number of aliphatic hydroxyl groups is 2. The molecule has 2 nitrogen and oxygen atoms in total. The summed E-state index contributed by atoms with van der Waals surface area (Å²) in [5, 5.41) is 20.8. The highest BCUT2D eigenvalue weighted by atomic mass is 19.4. The highest BCUT2D eigenvalue weighted by molar-refractivity contribution is 5.25. The van der Waals surface area contributed by atoms with Crippen LogP contribution in [0.3, 0.4) is 0 Å². The monoisotopic (exact) mass is 470 g/mol. The van der Waals surface area contributed by atoms with Crippen molar-refractivity contribution in [3.8, 4) is 0 Å². The number of allylic oxidation sites excluding steroid dienone is 1. The van der Waals surface area contributed by atoms with Crippen LogP contribution in [0.5, 0.6) is 0 Å². The van der Waals surface area contributed by atoms with E-state index < -0.39 is 17.4 Å². The van der Waals surface area contributed by atoms with Crippen molar-refractivity contribution < 1.29 is 23.4 Å². The van der Waals surface area contributed by atoms with Crippen molar-refractivity contribution in [3.05, 3.63) is 11.6 Å². The molecule has 33 heavy (non-hydrogen) atoms. The van der Waals surface area contributed by atoms with E-state index in [-0.39, 0.29) is 23.2 Å². The summed E-state index contributed by atoms with van der Waals surface area (Å²) in [6.07, 6.45) is 7.72. The lowest BCUT2D eigenvalue weighted by atomic mass is 9.48. The SMILES string of the molecule is C[C@H](CC[C@](C)(O)C(F)(F)F)[C@H]1CC[C@H]2[C@@H]3CC=C4C[C@@](C)(O)CCC[C@]4(C)[C@H]3CC[C@]12C. The van der Waals surface area contributed by atoms with Gasteiger partial charge in [-0.1, -0.05) is 32.4 Å². The van der Waals surface area contributed by atoms with E-state index in [2.05, 4.69) is 26.8 Å². The molecule has 0 aromatic carbocycles. The predicted octanol–water partition coefficient (Wildman–Crippen LogP) is 7.44. The summed E-state index contributed by atoms with van der Waals surface area (Å²) < 4.78 is 39.5. The van der Waals surface area contributed by atoms with Crippen LogP contribution in [-0.4, -0.2) is 27.6 Å². The molecular weight excluding hydrogens is 425 g/mol. The summed E-state index contributed by atoms with van der Waals surface area (Å²) in [7, 11) is 0. The van der Waals surface area contributed by atoms with Gasteiger partial charge < -0.3 is 10.2 Å². The third-order valence-corrected chi connectivity index (χ3v) is 11.1. The van der Waals surface area contributed by atoms with Gasteiger partial charge in [-0.2, -0.15) is 13.2 Å². The van der Waals surface area contributed by atoms with Crippen molar-refractivity contribution >= 4 is 0 Å². The van der Waals surface area contributed by atoms with Gasteiger partial charge in [0.05, 0.1) is 5.60 Å². The van der Waals surface area contributed by atoms with Gasteiger partial charge in [0.2, 0.25) is 0 Å². The van der Waals surface area contributed by atoms with Gasteiger partial charge in [0, 0.05) is 0 Å². The van der Waals surface area contributed by atoms with Crippen LogP contribution in [0.2, 0.25) is 0 Å². The zero-order chi connectivity index (χ0) is 24.4. The maximum Gasteiger partial charge on any atom is 0.416 e. The molecule has 190 valence electrons. The van der Waals surface area contributed by atoms with Crippen LogP contribution in [0, 0.1) is 40.4 Å². The second-order valence-corrected chi connectivity index (χ2v) is 13.3. The van der Waals surface area contributed by atoms with Crippen LogP contribution in [0.15, 0.2) is 11.6 Å². The Labute approximate surface area is 198 Å². The lowest BCUT2D eigenvalue weighted by Gasteiger charge is -2.57. The number of hydrogen-bond acceptors (Lipinski definition) is 2. The van der Waals surface area contributed by atoms with Crippen LogP contribution in [0.25, 0.3) is 0 Å². The molecule has 0 bridgehead atoms. The van der Waals surface area contributed by atoms with Gasteiger partial charge in [-0.3, -0.25) is 0 Å². The number of fused-ring (bicyclic) bond motifs is 5. The smallest absolute Gasteiger partial charge is 0.390 e. The maximum atomic E-state index is 13.2. The van der Waals surface area contributed by atoms with Crippen LogP contribution < -0.4 is 0 Å². The maximum absolute atomic E-state index is 13.2. The predicted molar refractivity (Wildman–Crippen MR) is 126 cm³/mol. The van der Waals surface area contributed by atoms with E-state index in [0.717, 1.165) is 51.9 Å². The summed E-state index contributed by atoms with van der Waals surface area (Å²) in [6.45, 7) is 9.89. The second-order valence-electron chi connectivity index (χ2n) is 13.3. The summed E-state index contributed by atoms with van der Waals surface area (Å²) in [4.78, 5) is 0. The zero-order valence-corrected chi connectivity index (χ0v) is 21.3. The Morgan fingerprint density at radius 3 is 2.42 bits per heavy atom. The topological polar surface area (TPSA) is 40.5 Å². The van der Waals surface area contributed by atoms with E-state index >= 15 is 0 Å². The average molecular weight is 471 g/mol. The minimum absolute atomic E-state index is 0.180. The van der Waals surface area contributed by atoms with Crippen LogP contribution in [0.1, 0.15) is 105 Å². The molecule has 0 amide bonds. The minimum Gasteiger partial charge on any atom is -0.390 e. The van der Waals surface area contributed by atoms with Crippen LogP contribution in [0.4, 0.5) is 13.2 Å². The van der Waals surface area contributed by atoms with E-state index in [1.165, 1.54) is 18.4 Å². The zero-order valence-electron chi connectivity index (χ0n) is 21.3. The largest absolute Gasteiger partial charge is 0.416 e. The van der Waals surface area contributed by atoms with Crippen molar-refractivity contribution in [2.75, 3.05) is 0 Å². The molecule has 4 rings (SSSR count). The third kappa shape index (κ3) is 4.32. The number of rotatable bonds is 4. The van der Waals surface area contributed by atoms with Gasteiger partial charge in [0.1, 0.15) is 0 Å². The van der Waals surface area contributed by atoms with E-state index in [4.69, 9.17) is 0 Å². The quantitative estimate of drug-likeness (QED) is 0.419. The first-order chi connectivity index (χ1) is 15.1. The first-order valence-corrected chi connectivity index (χ1v) is 13.3. The fourth-order valence-electron chi connectivity index (χ4n) is 8.94. The van der Waals surface area contributed by atoms with Gasteiger partial charge >= 0.3 is 6.18 Å². The Balaban J connectivity index is 1.50. The lowest BCUT2D eigenvalue weighted by molar-refractivity contribution is -0.256. The van der Waals surface area contributed by atoms with Crippen molar-refractivity contribution in [1.29, 1.82) is 0 Å². The molecule has 2 N–H and O–H groups in total. The molecule has 0 aromatic rings. The molecule has 0 spiro atoms. The van der Waals surface area contributed by atoms with Gasteiger partial charge in [-0.25, -0.2) is 0 Å². The van der Waals surface area contributed by atoms with Gasteiger partial charge in [-0.15, -0.1) is 0 Å². The van der Waals surface area contributed by atoms with Crippen molar-refractivity contribution in [1.82, 2.24) is 0 Å². The molecule has 9 atom stereocenters. The first-order valence-electron chi connectivity index (χ1n) is 13.3. The molecule has 0 heterocycles. The fourth-order valence-corrected chi connectivity index (χ4v) is 8.94. The van der Waals surface area contributed by atoms with Crippen molar-refractivity contribution in [2.24, 2.45) is 40.4 Å². The average Bonchev–Trinajstić information content (AvgIpc) is 2.98. The number of alkyl halides is 3. The van der Waals surface area contributed by atoms with Crippen LogP contribution >= 0.6 is 0 Å². The molecule has 0 saturated heterocycles. The second kappa shape index (κ2) is 8.25. The van der Waals surface area contributed by atoms with E-state index in [1.54, 1.807) is 0 Å². The Morgan fingerprint density at radius 1 is 1.06 bits per heavy atom. The normalized spacial score (nSPS) is 46.3. The molecular formula is C28H45F3O2. The highest BCUT2D eigenvalue weighted by Gasteiger charge is 2.59. The molecule has 0 radical (unpaired) electrons. The molecule has 4 aliphatic carbocycles. The molecule has 4 aliphatic rings. The molecule has 0 aromatic heterocycles. The van der Waals surface area contributed by atoms with E-state index in [0.29, 0.717) is 30.1 Å². The lowest BCUT2D eigenvalue weighted by Crippen LogP contribution is -2.49. The molecule has 3 fully saturated rings. The van der Waals surface area contributed by atoms with E-state index in [1.807, 2.05) is 6.92 Å². The van der Waals surface area contributed by atoms with Crippen LogP contribution in [-0.2, 0) is 0 Å². The summed E-state index contributed by atoms with van der Waals surface area (Å²) in [5.41, 5.74) is -1.35. The molecule has 3 saturated carbocycles. The molecule has 0 unspecified atom stereocenters. The van der Waals surface area contributed by atoms with Gasteiger partial charge in [-0.05, 0) is 125 Å². The summed E-state index contributed by atoms with van der Waals surface area (Å²) >= 11 is 0. The Morgan fingerprint density at radius 2 is 1.76 bits per heavy atom. The Hall–Kier alpha value is -0.550. The number of hydrogen-bond donors (Lipinski definition) is 2. The Bertz CT molecular complexity index is 770.